The predicted molar refractivity (Wildman–Crippen MR) is 118 cm³/mol. The van der Waals surface area contributed by atoms with Crippen LogP contribution in [0.5, 0.6) is 0 Å². The highest BCUT2D eigenvalue weighted by atomic mass is 35.5. The Bertz CT molecular complexity index is 1110. The fourth-order valence-electron chi connectivity index (χ4n) is 4.58. The van der Waals surface area contributed by atoms with Crippen molar-refractivity contribution in [2.24, 2.45) is 10.9 Å². The lowest BCUT2D eigenvalue weighted by atomic mass is 9.75. The number of fused-ring (bicyclic) bond motifs is 2. The second kappa shape index (κ2) is 8.13. The van der Waals surface area contributed by atoms with Gasteiger partial charge in [0, 0.05) is 35.8 Å². The first-order valence-corrected chi connectivity index (χ1v) is 12.1. The van der Waals surface area contributed by atoms with Gasteiger partial charge >= 0.3 is 5.97 Å². The molecular weight excluding hydrogens is 424 g/mol. The molecule has 0 amide bonds. The number of hydrogen-bond acceptors (Lipinski definition) is 4. The third kappa shape index (κ3) is 4.02. The van der Waals surface area contributed by atoms with Crippen LogP contribution in [-0.4, -0.2) is 48.9 Å². The van der Waals surface area contributed by atoms with Gasteiger partial charge in [0.05, 0.1) is 17.5 Å². The van der Waals surface area contributed by atoms with Crippen LogP contribution in [0.2, 0.25) is 5.02 Å². The summed E-state index contributed by atoms with van der Waals surface area (Å²) in [5.74, 6) is -1.01. The number of nitrogens with zero attached hydrogens (tertiary/aromatic N) is 2. The summed E-state index contributed by atoms with van der Waals surface area (Å²) in [6.07, 6.45) is 10.4. The average Bonchev–Trinajstić information content (AvgIpc) is 2.99. The SMILES string of the molecule is CS(=O)(=O)N1CCC(C2C3=NC=CCC=C3C(C(=O)O)=Cc3cc(Cl)ccc32)CC1. The van der Waals surface area contributed by atoms with Gasteiger partial charge in [-0.2, -0.15) is 0 Å². The standard InChI is InChI=1S/C22H23ClN2O4S/c1-30(28,29)25-10-7-14(8-11-25)20-17-6-5-16(23)12-15(17)13-19(22(26)27)18-4-2-3-9-24-21(18)20/h3-6,9,12-14,20H,2,7-8,10-11H2,1H3,(H,26,27). The molecule has 8 heteroatoms. The van der Waals surface area contributed by atoms with Crippen LogP contribution in [0.25, 0.3) is 6.08 Å². The van der Waals surface area contributed by atoms with E-state index in [-0.39, 0.29) is 17.4 Å². The molecule has 30 heavy (non-hydrogen) atoms. The van der Waals surface area contributed by atoms with Crippen molar-refractivity contribution in [2.45, 2.75) is 25.2 Å². The largest absolute Gasteiger partial charge is 0.478 e. The molecule has 1 atom stereocenters. The van der Waals surface area contributed by atoms with E-state index in [4.69, 9.17) is 11.6 Å². The van der Waals surface area contributed by atoms with Crippen LogP contribution in [0.1, 0.15) is 36.3 Å². The molecule has 1 saturated heterocycles. The van der Waals surface area contributed by atoms with Crippen LogP contribution < -0.4 is 0 Å². The van der Waals surface area contributed by atoms with Crippen LogP contribution in [0.4, 0.5) is 0 Å². The molecule has 6 nitrogen and oxygen atoms in total. The lowest BCUT2D eigenvalue weighted by Gasteiger charge is -2.36. The van der Waals surface area contributed by atoms with E-state index in [9.17, 15) is 18.3 Å². The molecule has 0 radical (unpaired) electrons. The molecule has 1 aliphatic carbocycles. The van der Waals surface area contributed by atoms with Crippen LogP contribution in [0.3, 0.4) is 0 Å². The van der Waals surface area contributed by atoms with E-state index in [1.54, 1.807) is 18.3 Å². The first-order chi connectivity index (χ1) is 14.3. The van der Waals surface area contributed by atoms with Crippen LogP contribution >= 0.6 is 11.6 Å². The topological polar surface area (TPSA) is 87.0 Å². The normalized spacial score (nSPS) is 22.7. The third-order valence-electron chi connectivity index (χ3n) is 5.99. The molecular formula is C22H23ClN2O4S. The maximum Gasteiger partial charge on any atom is 0.336 e. The summed E-state index contributed by atoms with van der Waals surface area (Å²) in [5.41, 5.74) is 3.33. The highest BCUT2D eigenvalue weighted by Crippen LogP contribution is 2.43. The number of piperidine rings is 1. The summed E-state index contributed by atoms with van der Waals surface area (Å²) in [7, 11) is -3.23. The van der Waals surface area contributed by atoms with E-state index < -0.39 is 16.0 Å². The van der Waals surface area contributed by atoms with Crippen molar-refractivity contribution in [2.75, 3.05) is 19.3 Å². The Balaban J connectivity index is 1.83. The maximum absolute atomic E-state index is 12.1. The van der Waals surface area contributed by atoms with E-state index in [1.807, 2.05) is 24.3 Å². The van der Waals surface area contributed by atoms with E-state index in [1.165, 1.54) is 10.6 Å². The molecule has 1 unspecified atom stereocenters. The molecule has 0 bridgehead atoms. The minimum absolute atomic E-state index is 0.137. The van der Waals surface area contributed by atoms with Crippen LogP contribution in [0.15, 0.2) is 52.7 Å². The second-order valence-corrected chi connectivity index (χ2v) is 10.3. The van der Waals surface area contributed by atoms with Crippen molar-refractivity contribution < 1.29 is 18.3 Å². The summed E-state index contributed by atoms with van der Waals surface area (Å²) in [5, 5.41) is 10.5. The van der Waals surface area contributed by atoms with Gasteiger partial charge in [0.2, 0.25) is 10.0 Å². The lowest BCUT2D eigenvalue weighted by molar-refractivity contribution is -0.132. The Morgan fingerprint density at radius 1 is 1.27 bits per heavy atom. The molecule has 4 rings (SSSR count). The van der Waals surface area contributed by atoms with Gasteiger partial charge in [-0.25, -0.2) is 17.5 Å². The molecule has 0 saturated carbocycles. The fourth-order valence-corrected chi connectivity index (χ4v) is 5.63. The number of allylic oxidation sites excluding steroid dienone is 2. The molecule has 1 aromatic rings. The van der Waals surface area contributed by atoms with Crippen molar-refractivity contribution >= 4 is 39.4 Å². The van der Waals surface area contributed by atoms with Gasteiger partial charge in [-0.15, -0.1) is 0 Å². The first kappa shape index (κ1) is 21.0. The zero-order chi connectivity index (χ0) is 21.5. The van der Waals surface area contributed by atoms with Gasteiger partial charge in [-0.05, 0) is 54.5 Å². The predicted octanol–water partition coefficient (Wildman–Crippen LogP) is 3.86. The van der Waals surface area contributed by atoms with Crippen molar-refractivity contribution in [3.8, 4) is 0 Å². The van der Waals surface area contributed by atoms with Crippen molar-refractivity contribution in [3.63, 3.8) is 0 Å². The number of sulfonamides is 1. The zero-order valence-corrected chi connectivity index (χ0v) is 18.2. The smallest absolute Gasteiger partial charge is 0.336 e. The third-order valence-corrected chi connectivity index (χ3v) is 7.53. The zero-order valence-electron chi connectivity index (χ0n) is 16.6. The fraction of sp³-hybridized carbons (Fsp3) is 0.364. The number of benzene rings is 1. The lowest BCUT2D eigenvalue weighted by Crippen LogP contribution is -2.40. The van der Waals surface area contributed by atoms with Crippen LogP contribution in [0, 0.1) is 5.92 Å². The molecule has 1 aromatic carbocycles. The molecule has 0 spiro atoms. The van der Waals surface area contributed by atoms with Crippen LogP contribution in [-0.2, 0) is 14.8 Å². The second-order valence-electron chi connectivity index (χ2n) is 7.87. The number of carbonyl (C=O) groups is 1. The maximum atomic E-state index is 12.1. The van der Waals surface area contributed by atoms with Gasteiger partial charge in [0.1, 0.15) is 0 Å². The monoisotopic (exact) mass is 446 g/mol. The number of hydrogen-bond donors (Lipinski definition) is 1. The molecule has 3 aliphatic rings. The Hall–Kier alpha value is -2.22. The number of halogens is 1. The van der Waals surface area contributed by atoms with Gasteiger partial charge in [-0.1, -0.05) is 29.8 Å². The molecule has 1 N–H and O–H groups in total. The number of carboxylic acid groups (broad SMARTS) is 1. The summed E-state index contributed by atoms with van der Waals surface area (Å²) in [6, 6.07) is 5.55. The van der Waals surface area contributed by atoms with E-state index in [0.29, 0.717) is 42.9 Å². The van der Waals surface area contributed by atoms with Crippen molar-refractivity contribution in [3.05, 3.63) is 63.8 Å². The summed E-state index contributed by atoms with van der Waals surface area (Å²) in [6.45, 7) is 0.897. The Labute approximate surface area is 181 Å². The number of rotatable bonds is 3. The minimum Gasteiger partial charge on any atom is -0.478 e. The molecule has 1 fully saturated rings. The number of aliphatic imine (C=N–C) groups is 1. The summed E-state index contributed by atoms with van der Waals surface area (Å²) in [4.78, 5) is 16.8. The highest BCUT2D eigenvalue weighted by Gasteiger charge is 2.38. The average molecular weight is 447 g/mol. The molecule has 2 heterocycles. The van der Waals surface area contributed by atoms with Crippen molar-refractivity contribution in [1.82, 2.24) is 4.31 Å². The Morgan fingerprint density at radius 2 is 2.00 bits per heavy atom. The summed E-state index contributed by atoms with van der Waals surface area (Å²) < 4.78 is 25.4. The highest BCUT2D eigenvalue weighted by molar-refractivity contribution is 7.88. The first-order valence-electron chi connectivity index (χ1n) is 9.89. The molecule has 0 aromatic heterocycles. The Morgan fingerprint density at radius 3 is 2.67 bits per heavy atom. The van der Waals surface area contributed by atoms with Crippen molar-refractivity contribution in [1.29, 1.82) is 0 Å². The quantitative estimate of drug-likeness (QED) is 0.763. The Kier molecular flexibility index (Phi) is 5.70. The summed E-state index contributed by atoms with van der Waals surface area (Å²) >= 11 is 6.23. The number of aliphatic carboxylic acids is 1. The van der Waals surface area contributed by atoms with Gasteiger partial charge < -0.3 is 5.11 Å². The molecule has 2 aliphatic heterocycles. The van der Waals surface area contributed by atoms with Gasteiger partial charge in [0.25, 0.3) is 0 Å². The van der Waals surface area contributed by atoms with Gasteiger partial charge in [-0.3, -0.25) is 4.99 Å². The van der Waals surface area contributed by atoms with Gasteiger partial charge in [0.15, 0.2) is 0 Å². The van der Waals surface area contributed by atoms with E-state index in [2.05, 4.69) is 4.99 Å². The van der Waals surface area contributed by atoms with E-state index in [0.717, 1.165) is 16.8 Å². The molecule has 158 valence electrons. The van der Waals surface area contributed by atoms with E-state index >= 15 is 0 Å². The minimum atomic E-state index is -3.23. The number of carboxylic acids is 1.